The predicted molar refractivity (Wildman–Crippen MR) is 196 cm³/mol. The number of esters is 3. The van der Waals surface area contributed by atoms with Gasteiger partial charge in [-0.3, -0.25) is 14.4 Å². The van der Waals surface area contributed by atoms with Gasteiger partial charge in [0.1, 0.15) is 13.2 Å². The van der Waals surface area contributed by atoms with Crippen molar-refractivity contribution >= 4 is 17.9 Å². The lowest BCUT2D eigenvalue weighted by Gasteiger charge is -2.18. The van der Waals surface area contributed by atoms with E-state index in [-0.39, 0.29) is 31.1 Å². The van der Waals surface area contributed by atoms with Crippen molar-refractivity contribution in [3.8, 4) is 0 Å². The predicted octanol–water partition coefficient (Wildman–Crippen LogP) is 12.3. The molecule has 0 aromatic heterocycles. The van der Waals surface area contributed by atoms with Gasteiger partial charge in [-0.1, -0.05) is 168 Å². The average Bonchev–Trinajstić information content (AvgIpc) is 3.06. The molecule has 0 amide bonds. The summed E-state index contributed by atoms with van der Waals surface area (Å²) in [5, 5.41) is 0. The number of carbonyl (C=O) groups is 3. The molecule has 0 spiro atoms. The van der Waals surface area contributed by atoms with E-state index >= 15 is 0 Å². The zero-order valence-electron chi connectivity index (χ0n) is 31.3. The molecule has 0 aliphatic heterocycles. The molecule has 0 saturated carbocycles. The van der Waals surface area contributed by atoms with Crippen LogP contribution in [0.3, 0.4) is 0 Å². The second-order valence-electron chi connectivity index (χ2n) is 13.6. The van der Waals surface area contributed by atoms with Crippen LogP contribution >= 0.6 is 0 Å². The van der Waals surface area contributed by atoms with Gasteiger partial charge >= 0.3 is 17.9 Å². The fraction of sp³-hybridized carbons (Fsp3) is 0.878. The molecule has 276 valence electrons. The molecule has 0 radical (unpaired) electrons. The smallest absolute Gasteiger partial charge is 0.306 e. The zero-order chi connectivity index (χ0) is 34.5. The highest BCUT2D eigenvalue weighted by molar-refractivity contribution is 5.71. The highest BCUT2D eigenvalue weighted by atomic mass is 16.6. The Bertz CT molecular complexity index is 733. The summed E-state index contributed by atoms with van der Waals surface area (Å²) in [6.07, 6.45) is 36.2. The maximum atomic E-state index is 12.6. The monoisotopic (exact) mass is 665 g/mol. The molecule has 47 heavy (non-hydrogen) atoms. The van der Waals surface area contributed by atoms with Crippen molar-refractivity contribution in [3.63, 3.8) is 0 Å². The molecule has 1 atom stereocenters. The minimum atomic E-state index is -0.763. The number of hydrogen-bond donors (Lipinski definition) is 0. The van der Waals surface area contributed by atoms with Crippen LogP contribution in [0.4, 0.5) is 0 Å². The van der Waals surface area contributed by atoms with Crippen LogP contribution < -0.4 is 0 Å². The second kappa shape index (κ2) is 37.0. The largest absolute Gasteiger partial charge is 0.462 e. The molecule has 6 heteroatoms. The van der Waals surface area contributed by atoms with Gasteiger partial charge in [0.05, 0.1) is 0 Å². The van der Waals surface area contributed by atoms with Gasteiger partial charge in [-0.25, -0.2) is 0 Å². The van der Waals surface area contributed by atoms with Gasteiger partial charge in [-0.05, 0) is 38.5 Å². The quantitative estimate of drug-likeness (QED) is 0.0287. The van der Waals surface area contributed by atoms with Gasteiger partial charge in [-0.2, -0.15) is 0 Å². The Hall–Kier alpha value is -1.85. The van der Waals surface area contributed by atoms with E-state index in [4.69, 9.17) is 14.2 Å². The summed E-state index contributed by atoms with van der Waals surface area (Å²) in [7, 11) is 0. The van der Waals surface area contributed by atoms with E-state index in [1.165, 1.54) is 96.3 Å². The highest BCUT2D eigenvalue weighted by Crippen LogP contribution is 2.14. The molecule has 0 fully saturated rings. The minimum Gasteiger partial charge on any atom is -0.462 e. The molecule has 6 nitrogen and oxygen atoms in total. The van der Waals surface area contributed by atoms with Crippen LogP contribution in [0.1, 0.15) is 213 Å². The first-order valence-corrected chi connectivity index (χ1v) is 20.2. The van der Waals surface area contributed by atoms with Crippen molar-refractivity contribution in [2.45, 2.75) is 219 Å². The molecular weight excluding hydrogens is 588 g/mol. The molecule has 0 bridgehead atoms. The summed E-state index contributed by atoms with van der Waals surface area (Å²) >= 11 is 0. The van der Waals surface area contributed by atoms with Crippen LogP contribution in [-0.2, 0) is 28.6 Å². The van der Waals surface area contributed by atoms with Gasteiger partial charge in [0.25, 0.3) is 0 Å². The zero-order valence-corrected chi connectivity index (χ0v) is 31.3. The van der Waals surface area contributed by atoms with Crippen molar-refractivity contribution < 1.29 is 28.6 Å². The maximum Gasteiger partial charge on any atom is 0.306 e. The number of unbranched alkanes of at least 4 members (excludes halogenated alkanes) is 23. The Morgan fingerprint density at radius 3 is 1.13 bits per heavy atom. The van der Waals surface area contributed by atoms with Crippen LogP contribution in [0.15, 0.2) is 12.2 Å². The second-order valence-corrected chi connectivity index (χ2v) is 13.6. The van der Waals surface area contributed by atoms with Gasteiger partial charge in [0, 0.05) is 19.3 Å². The molecule has 0 aromatic carbocycles. The fourth-order valence-electron chi connectivity index (χ4n) is 5.66. The summed E-state index contributed by atoms with van der Waals surface area (Å²) in [6.45, 7) is 6.54. The molecular formula is C41H76O6. The average molecular weight is 665 g/mol. The molecule has 1 unspecified atom stereocenters. The first-order valence-electron chi connectivity index (χ1n) is 20.2. The standard InChI is InChI=1S/C41H76O6/c1-4-7-10-13-16-19-22-25-28-31-34-40(43)46-37-38(36-45-39(42)33-30-27-24-21-18-15-12-9-6-3)47-41(44)35-32-29-26-23-20-17-14-11-8-5-2/h13,16,38H,4-12,14-15,17-37H2,1-3H3/b16-13-. The summed E-state index contributed by atoms with van der Waals surface area (Å²) in [5.74, 6) is -0.888. The van der Waals surface area contributed by atoms with Crippen LogP contribution in [0.5, 0.6) is 0 Å². The molecule has 0 rings (SSSR count). The van der Waals surface area contributed by atoms with E-state index in [1.807, 2.05) is 0 Å². The Balaban J connectivity index is 4.37. The third-order valence-corrected chi connectivity index (χ3v) is 8.77. The van der Waals surface area contributed by atoms with Crippen LogP contribution in [0.2, 0.25) is 0 Å². The van der Waals surface area contributed by atoms with Crippen molar-refractivity contribution in [1.29, 1.82) is 0 Å². The van der Waals surface area contributed by atoms with Crippen molar-refractivity contribution in [3.05, 3.63) is 12.2 Å². The molecule has 0 aromatic rings. The van der Waals surface area contributed by atoms with E-state index in [1.54, 1.807) is 0 Å². The first-order chi connectivity index (χ1) is 23.0. The maximum absolute atomic E-state index is 12.6. The Kier molecular flexibility index (Phi) is 35.5. The molecule has 0 aliphatic rings. The number of ether oxygens (including phenoxy) is 3. The van der Waals surface area contributed by atoms with Crippen molar-refractivity contribution in [2.75, 3.05) is 13.2 Å². The molecule has 0 heterocycles. The Morgan fingerprint density at radius 1 is 0.404 bits per heavy atom. The Labute approximate surface area is 290 Å². The number of allylic oxidation sites excluding steroid dienone is 2. The first kappa shape index (κ1) is 45.2. The van der Waals surface area contributed by atoms with E-state index in [9.17, 15) is 14.4 Å². The highest BCUT2D eigenvalue weighted by Gasteiger charge is 2.19. The minimum absolute atomic E-state index is 0.0704. The van der Waals surface area contributed by atoms with E-state index in [0.717, 1.165) is 77.0 Å². The van der Waals surface area contributed by atoms with Crippen molar-refractivity contribution in [1.82, 2.24) is 0 Å². The summed E-state index contributed by atoms with van der Waals surface area (Å²) < 4.78 is 16.6. The third-order valence-electron chi connectivity index (χ3n) is 8.77. The fourth-order valence-corrected chi connectivity index (χ4v) is 5.66. The SMILES string of the molecule is CCCC/C=C\CCCCCCC(=O)OCC(COC(=O)CCCCCCCCCCC)OC(=O)CCCCCCCCCCCC. The van der Waals surface area contributed by atoms with Gasteiger partial charge < -0.3 is 14.2 Å². The van der Waals surface area contributed by atoms with Gasteiger partial charge in [0.2, 0.25) is 0 Å². The van der Waals surface area contributed by atoms with E-state index < -0.39 is 6.10 Å². The molecule has 0 aliphatic carbocycles. The summed E-state index contributed by atoms with van der Waals surface area (Å²) in [5.41, 5.74) is 0. The number of hydrogen-bond acceptors (Lipinski definition) is 6. The van der Waals surface area contributed by atoms with E-state index in [0.29, 0.717) is 19.3 Å². The third kappa shape index (κ3) is 35.3. The lowest BCUT2D eigenvalue weighted by Crippen LogP contribution is -2.30. The van der Waals surface area contributed by atoms with Crippen molar-refractivity contribution in [2.24, 2.45) is 0 Å². The Morgan fingerprint density at radius 2 is 0.723 bits per heavy atom. The van der Waals surface area contributed by atoms with Gasteiger partial charge in [0.15, 0.2) is 6.10 Å². The molecule has 0 N–H and O–H groups in total. The number of carbonyl (C=O) groups excluding carboxylic acids is 3. The van der Waals surface area contributed by atoms with Crippen LogP contribution in [0.25, 0.3) is 0 Å². The summed E-state index contributed by atoms with van der Waals surface area (Å²) in [4.78, 5) is 37.4. The normalized spacial score (nSPS) is 12.0. The molecule has 0 saturated heterocycles. The topological polar surface area (TPSA) is 78.9 Å². The van der Waals surface area contributed by atoms with E-state index in [2.05, 4.69) is 32.9 Å². The van der Waals surface area contributed by atoms with Crippen LogP contribution in [-0.4, -0.2) is 37.2 Å². The van der Waals surface area contributed by atoms with Gasteiger partial charge in [-0.15, -0.1) is 0 Å². The summed E-state index contributed by atoms with van der Waals surface area (Å²) in [6, 6.07) is 0. The number of rotatable bonds is 36. The lowest BCUT2D eigenvalue weighted by atomic mass is 10.1. The lowest BCUT2D eigenvalue weighted by molar-refractivity contribution is -0.167. The van der Waals surface area contributed by atoms with Crippen LogP contribution in [0, 0.1) is 0 Å².